The SMILES string of the molecule is CCN(CC(C)C#N)c1ccc(C(=O)O)o1. The zero-order valence-corrected chi connectivity index (χ0v) is 9.30. The van der Waals surface area contributed by atoms with Gasteiger partial charge in [-0.3, -0.25) is 0 Å². The molecule has 0 saturated carbocycles. The van der Waals surface area contributed by atoms with E-state index in [0.29, 0.717) is 19.0 Å². The van der Waals surface area contributed by atoms with Gasteiger partial charge in [-0.05, 0) is 19.9 Å². The highest BCUT2D eigenvalue weighted by Gasteiger charge is 2.15. The van der Waals surface area contributed by atoms with Crippen LogP contribution >= 0.6 is 0 Å². The molecule has 0 aliphatic heterocycles. The second-order valence-corrected chi connectivity index (χ2v) is 3.51. The fourth-order valence-electron chi connectivity index (χ4n) is 1.36. The largest absolute Gasteiger partial charge is 0.475 e. The van der Waals surface area contributed by atoms with Crippen LogP contribution in [0, 0.1) is 17.2 Å². The third-order valence-electron chi connectivity index (χ3n) is 2.21. The molecule has 1 atom stereocenters. The maximum atomic E-state index is 10.6. The highest BCUT2D eigenvalue weighted by molar-refractivity contribution is 5.84. The fraction of sp³-hybridized carbons (Fsp3) is 0.455. The smallest absolute Gasteiger partial charge is 0.371 e. The Hall–Kier alpha value is -1.96. The van der Waals surface area contributed by atoms with Gasteiger partial charge >= 0.3 is 5.97 Å². The summed E-state index contributed by atoms with van der Waals surface area (Å²) in [5.41, 5.74) is 0. The standard InChI is InChI=1S/C11H14N2O3/c1-3-13(7-8(2)6-12)10-5-4-9(16-10)11(14)15/h4-5,8H,3,7H2,1-2H3,(H,14,15). The molecule has 0 aliphatic carbocycles. The molecule has 1 heterocycles. The van der Waals surface area contributed by atoms with Crippen LogP contribution in [-0.2, 0) is 0 Å². The lowest BCUT2D eigenvalue weighted by Gasteiger charge is -2.20. The van der Waals surface area contributed by atoms with Crippen LogP contribution in [0.4, 0.5) is 5.88 Å². The van der Waals surface area contributed by atoms with Gasteiger partial charge in [-0.25, -0.2) is 4.79 Å². The average molecular weight is 222 g/mol. The summed E-state index contributed by atoms with van der Waals surface area (Å²) in [5.74, 6) is -0.811. The lowest BCUT2D eigenvalue weighted by molar-refractivity contribution is 0.0663. The molecule has 86 valence electrons. The van der Waals surface area contributed by atoms with E-state index in [1.807, 2.05) is 18.7 Å². The second kappa shape index (κ2) is 5.21. The Balaban J connectivity index is 2.79. The van der Waals surface area contributed by atoms with Crippen molar-refractivity contribution in [1.29, 1.82) is 5.26 Å². The maximum absolute atomic E-state index is 10.6. The topological polar surface area (TPSA) is 77.5 Å². The summed E-state index contributed by atoms with van der Waals surface area (Å²) in [6, 6.07) is 5.15. The van der Waals surface area contributed by atoms with Crippen LogP contribution in [0.25, 0.3) is 0 Å². The van der Waals surface area contributed by atoms with E-state index < -0.39 is 5.97 Å². The number of nitrogens with zero attached hydrogens (tertiary/aromatic N) is 2. The molecule has 1 rings (SSSR count). The monoisotopic (exact) mass is 222 g/mol. The predicted octanol–water partition coefficient (Wildman–Crippen LogP) is 1.96. The number of carboxylic acid groups (broad SMARTS) is 1. The zero-order valence-electron chi connectivity index (χ0n) is 9.30. The van der Waals surface area contributed by atoms with Crippen LogP contribution in [0.1, 0.15) is 24.4 Å². The first-order valence-electron chi connectivity index (χ1n) is 5.06. The van der Waals surface area contributed by atoms with Gasteiger partial charge in [-0.15, -0.1) is 0 Å². The zero-order chi connectivity index (χ0) is 12.1. The Labute approximate surface area is 93.9 Å². The summed E-state index contributed by atoms with van der Waals surface area (Å²) in [6.07, 6.45) is 0. The third-order valence-corrected chi connectivity index (χ3v) is 2.21. The van der Waals surface area contributed by atoms with Crippen molar-refractivity contribution in [2.24, 2.45) is 5.92 Å². The molecule has 0 bridgehead atoms. The summed E-state index contributed by atoms with van der Waals surface area (Å²) in [5, 5.41) is 17.4. The first-order chi connectivity index (χ1) is 7.58. The van der Waals surface area contributed by atoms with Crippen molar-refractivity contribution in [3.05, 3.63) is 17.9 Å². The number of hydrogen-bond donors (Lipinski definition) is 1. The number of hydrogen-bond acceptors (Lipinski definition) is 4. The van der Waals surface area contributed by atoms with Crippen LogP contribution in [0.2, 0.25) is 0 Å². The van der Waals surface area contributed by atoms with Crippen molar-refractivity contribution in [2.45, 2.75) is 13.8 Å². The van der Waals surface area contributed by atoms with Crippen molar-refractivity contribution in [3.8, 4) is 6.07 Å². The summed E-state index contributed by atoms with van der Waals surface area (Å²) >= 11 is 0. The van der Waals surface area contributed by atoms with Gasteiger partial charge in [0.25, 0.3) is 0 Å². The van der Waals surface area contributed by atoms with E-state index in [2.05, 4.69) is 6.07 Å². The van der Waals surface area contributed by atoms with Crippen LogP contribution in [0.3, 0.4) is 0 Å². The number of aromatic carboxylic acids is 1. The lowest BCUT2D eigenvalue weighted by Crippen LogP contribution is -2.27. The molecule has 0 radical (unpaired) electrons. The normalized spacial score (nSPS) is 11.8. The van der Waals surface area contributed by atoms with Gasteiger partial charge in [0.1, 0.15) is 0 Å². The van der Waals surface area contributed by atoms with Gasteiger partial charge in [0.05, 0.1) is 12.0 Å². The highest BCUT2D eigenvalue weighted by Crippen LogP contribution is 2.19. The van der Waals surface area contributed by atoms with E-state index >= 15 is 0 Å². The first-order valence-corrected chi connectivity index (χ1v) is 5.06. The Morgan fingerprint density at radius 1 is 1.69 bits per heavy atom. The molecule has 1 unspecified atom stereocenters. The van der Waals surface area contributed by atoms with Crippen molar-refractivity contribution in [1.82, 2.24) is 0 Å². The number of furan rings is 1. The molecule has 16 heavy (non-hydrogen) atoms. The highest BCUT2D eigenvalue weighted by atomic mass is 16.4. The van der Waals surface area contributed by atoms with Gasteiger partial charge in [0.15, 0.2) is 5.88 Å². The van der Waals surface area contributed by atoms with Crippen LogP contribution in [0.5, 0.6) is 0 Å². The minimum Gasteiger partial charge on any atom is -0.475 e. The molecule has 0 saturated heterocycles. The Bertz CT molecular complexity index is 406. The van der Waals surface area contributed by atoms with Crippen molar-refractivity contribution in [2.75, 3.05) is 18.0 Å². The maximum Gasteiger partial charge on any atom is 0.371 e. The van der Waals surface area contributed by atoms with Crippen LogP contribution in [-0.4, -0.2) is 24.2 Å². The van der Waals surface area contributed by atoms with Gasteiger partial charge in [0, 0.05) is 19.2 Å². The van der Waals surface area contributed by atoms with Crippen molar-refractivity contribution in [3.63, 3.8) is 0 Å². The molecule has 0 fully saturated rings. The molecule has 5 heteroatoms. The molecule has 1 aromatic rings. The number of rotatable bonds is 5. The molecule has 1 aromatic heterocycles. The van der Waals surface area contributed by atoms with Crippen molar-refractivity contribution < 1.29 is 14.3 Å². The number of nitriles is 1. The molecule has 0 amide bonds. The van der Waals surface area contributed by atoms with Gasteiger partial charge in [-0.2, -0.15) is 5.26 Å². The molecular formula is C11H14N2O3. The molecule has 1 N–H and O–H groups in total. The van der Waals surface area contributed by atoms with E-state index in [1.165, 1.54) is 6.07 Å². The number of carbonyl (C=O) groups is 1. The van der Waals surface area contributed by atoms with Crippen LogP contribution < -0.4 is 4.90 Å². The third kappa shape index (κ3) is 2.76. The Kier molecular flexibility index (Phi) is 3.95. The fourth-order valence-corrected chi connectivity index (χ4v) is 1.36. The summed E-state index contributed by atoms with van der Waals surface area (Å²) in [6.45, 7) is 4.93. The van der Waals surface area contributed by atoms with E-state index in [4.69, 9.17) is 14.8 Å². The van der Waals surface area contributed by atoms with Gasteiger partial charge in [0.2, 0.25) is 5.76 Å². The lowest BCUT2D eigenvalue weighted by atomic mass is 10.2. The minimum absolute atomic E-state index is 0.0851. The molecular weight excluding hydrogens is 208 g/mol. The summed E-state index contributed by atoms with van der Waals surface area (Å²) < 4.78 is 5.16. The molecule has 0 aromatic carbocycles. The second-order valence-electron chi connectivity index (χ2n) is 3.51. The Morgan fingerprint density at radius 2 is 2.38 bits per heavy atom. The van der Waals surface area contributed by atoms with Gasteiger partial charge < -0.3 is 14.4 Å². The molecule has 5 nitrogen and oxygen atoms in total. The van der Waals surface area contributed by atoms with Crippen molar-refractivity contribution >= 4 is 11.9 Å². The van der Waals surface area contributed by atoms with E-state index in [1.54, 1.807) is 6.07 Å². The predicted molar refractivity (Wildman–Crippen MR) is 58.3 cm³/mol. The first kappa shape index (κ1) is 12.1. The van der Waals surface area contributed by atoms with Crippen LogP contribution in [0.15, 0.2) is 16.5 Å². The number of carboxylic acids is 1. The van der Waals surface area contributed by atoms with E-state index in [0.717, 1.165) is 0 Å². The van der Waals surface area contributed by atoms with Gasteiger partial charge in [-0.1, -0.05) is 0 Å². The quantitative estimate of drug-likeness (QED) is 0.824. The Morgan fingerprint density at radius 3 is 2.81 bits per heavy atom. The number of anilines is 1. The average Bonchev–Trinajstić information content (AvgIpc) is 2.74. The minimum atomic E-state index is -1.09. The molecule has 0 spiro atoms. The van der Waals surface area contributed by atoms with E-state index in [-0.39, 0.29) is 11.7 Å². The summed E-state index contributed by atoms with van der Waals surface area (Å²) in [7, 11) is 0. The van der Waals surface area contributed by atoms with E-state index in [9.17, 15) is 4.79 Å². The molecule has 0 aliphatic rings. The summed E-state index contributed by atoms with van der Waals surface area (Å²) in [4.78, 5) is 12.5.